The molecule has 25 heavy (non-hydrogen) atoms. The number of aromatic nitrogens is 1. The van der Waals surface area contributed by atoms with Crippen LogP contribution in [-0.2, 0) is 14.9 Å². The van der Waals surface area contributed by atoms with E-state index in [1.54, 1.807) is 0 Å². The summed E-state index contributed by atoms with van der Waals surface area (Å²) in [6.07, 6.45) is 1.42. The van der Waals surface area contributed by atoms with Crippen LogP contribution in [0.15, 0.2) is 42.6 Å². The molecule has 1 heterocycles. The lowest BCUT2D eigenvalue weighted by atomic mass is 9.87. The van der Waals surface area contributed by atoms with Gasteiger partial charge >= 0.3 is 5.97 Å². The van der Waals surface area contributed by atoms with Gasteiger partial charge in [-0.05, 0) is 35.2 Å². The van der Waals surface area contributed by atoms with Crippen molar-refractivity contribution in [3.8, 4) is 5.75 Å². The second-order valence-electron chi connectivity index (χ2n) is 6.53. The lowest BCUT2D eigenvalue weighted by Gasteiger charge is -2.19. The predicted molar refractivity (Wildman–Crippen MR) is 94.8 cm³/mol. The first-order valence-electron chi connectivity index (χ1n) is 7.87. The van der Waals surface area contributed by atoms with E-state index in [4.69, 9.17) is 4.74 Å². The van der Waals surface area contributed by atoms with Crippen molar-refractivity contribution in [2.75, 3.05) is 19.0 Å². The highest BCUT2D eigenvalue weighted by Crippen LogP contribution is 2.24. The van der Waals surface area contributed by atoms with Crippen molar-refractivity contribution in [3.05, 3.63) is 53.7 Å². The topological polar surface area (TPSA) is 77.5 Å². The molecule has 0 radical (unpaired) electrons. The summed E-state index contributed by atoms with van der Waals surface area (Å²) in [7, 11) is 1.29. The van der Waals surface area contributed by atoms with Gasteiger partial charge in [-0.1, -0.05) is 32.9 Å². The van der Waals surface area contributed by atoms with E-state index >= 15 is 0 Å². The molecule has 132 valence electrons. The van der Waals surface area contributed by atoms with Crippen molar-refractivity contribution < 1.29 is 19.1 Å². The molecule has 1 amide bonds. The summed E-state index contributed by atoms with van der Waals surface area (Å²) in [6, 6.07) is 10.6. The van der Waals surface area contributed by atoms with E-state index in [9.17, 15) is 9.59 Å². The molecule has 0 aliphatic rings. The zero-order chi connectivity index (χ0) is 18.4. The molecule has 0 spiro atoms. The molecule has 0 atom stereocenters. The fourth-order valence-electron chi connectivity index (χ4n) is 2.12. The van der Waals surface area contributed by atoms with Gasteiger partial charge in [0.2, 0.25) is 0 Å². The van der Waals surface area contributed by atoms with Crippen molar-refractivity contribution in [1.82, 2.24) is 4.98 Å². The molecule has 6 heteroatoms. The van der Waals surface area contributed by atoms with Crippen LogP contribution in [0.4, 0.5) is 5.82 Å². The van der Waals surface area contributed by atoms with Crippen LogP contribution in [0.2, 0.25) is 0 Å². The molecule has 0 fully saturated rings. The fraction of sp³-hybridized carbons (Fsp3) is 0.316. The Morgan fingerprint density at radius 3 is 2.40 bits per heavy atom. The largest absolute Gasteiger partial charge is 0.484 e. The van der Waals surface area contributed by atoms with Crippen molar-refractivity contribution in [1.29, 1.82) is 0 Å². The normalized spacial score (nSPS) is 10.9. The van der Waals surface area contributed by atoms with Crippen LogP contribution in [0.5, 0.6) is 5.75 Å². The molecule has 0 saturated heterocycles. The second kappa shape index (κ2) is 7.79. The fourth-order valence-corrected chi connectivity index (χ4v) is 2.12. The van der Waals surface area contributed by atoms with Gasteiger partial charge in [0.1, 0.15) is 11.6 Å². The third kappa shape index (κ3) is 5.31. The smallest absolute Gasteiger partial charge is 0.338 e. The van der Waals surface area contributed by atoms with Gasteiger partial charge < -0.3 is 14.8 Å². The molecule has 0 unspecified atom stereocenters. The summed E-state index contributed by atoms with van der Waals surface area (Å²) < 4.78 is 10.1. The molecular formula is C19H22N2O4. The zero-order valence-corrected chi connectivity index (χ0v) is 14.8. The highest BCUT2D eigenvalue weighted by atomic mass is 16.5. The lowest BCUT2D eigenvalue weighted by molar-refractivity contribution is -0.118. The van der Waals surface area contributed by atoms with E-state index in [-0.39, 0.29) is 23.7 Å². The number of hydrogen-bond acceptors (Lipinski definition) is 5. The van der Waals surface area contributed by atoms with Crippen LogP contribution in [-0.4, -0.2) is 30.6 Å². The van der Waals surface area contributed by atoms with Crippen LogP contribution in [0.3, 0.4) is 0 Å². The predicted octanol–water partition coefficient (Wildman–Crippen LogP) is 3.18. The number of rotatable bonds is 5. The number of nitrogens with one attached hydrogen (secondary N) is 1. The number of amides is 1. The van der Waals surface area contributed by atoms with Crippen LogP contribution in [0.25, 0.3) is 0 Å². The van der Waals surface area contributed by atoms with Crippen molar-refractivity contribution in [2.45, 2.75) is 26.2 Å². The van der Waals surface area contributed by atoms with Crippen LogP contribution >= 0.6 is 0 Å². The number of hydrogen-bond donors (Lipinski definition) is 1. The SMILES string of the molecule is COC(=O)c1ccnc(NC(=O)COc2ccc(C(C)(C)C)cc2)c1. The minimum atomic E-state index is -0.493. The number of pyridine rings is 1. The van der Waals surface area contributed by atoms with E-state index in [0.29, 0.717) is 11.3 Å². The van der Waals surface area contributed by atoms with E-state index in [1.165, 1.54) is 31.0 Å². The molecular weight excluding hydrogens is 320 g/mol. The molecule has 0 saturated carbocycles. The summed E-state index contributed by atoms with van der Waals surface area (Å²) in [4.78, 5) is 27.4. The molecule has 2 rings (SSSR count). The Labute approximate surface area is 147 Å². The molecule has 0 aliphatic carbocycles. The van der Waals surface area contributed by atoms with Gasteiger partial charge in [0.05, 0.1) is 12.7 Å². The third-order valence-corrected chi connectivity index (χ3v) is 3.54. The number of anilines is 1. The highest BCUT2D eigenvalue weighted by molar-refractivity contribution is 5.94. The number of carbonyl (C=O) groups excluding carboxylic acids is 2. The maximum Gasteiger partial charge on any atom is 0.338 e. The number of ether oxygens (including phenoxy) is 2. The van der Waals surface area contributed by atoms with Crippen LogP contribution in [0, 0.1) is 0 Å². The summed E-state index contributed by atoms with van der Waals surface area (Å²) in [5.74, 6) is 0.0153. The van der Waals surface area contributed by atoms with E-state index in [0.717, 1.165) is 0 Å². The van der Waals surface area contributed by atoms with E-state index in [2.05, 4.69) is 35.8 Å². The van der Waals surface area contributed by atoms with Crippen LogP contribution < -0.4 is 10.1 Å². The summed E-state index contributed by atoms with van der Waals surface area (Å²) >= 11 is 0. The number of benzene rings is 1. The zero-order valence-electron chi connectivity index (χ0n) is 14.8. The standard InChI is InChI=1S/C19H22N2O4/c1-19(2,3)14-5-7-15(8-6-14)25-12-17(22)21-16-11-13(9-10-20-16)18(23)24-4/h5-11H,12H2,1-4H3,(H,20,21,22). The van der Waals surface area contributed by atoms with Gasteiger partial charge in [-0.25, -0.2) is 9.78 Å². The Bertz CT molecular complexity index is 749. The quantitative estimate of drug-likeness (QED) is 0.845. The molecule has 1 N–H and O–H groups in total. The monoisotopic (exact) mass is 342 g/mol. The minimum Gasteiger partial charge on any atom is -0.484 e. The minimum absolute atomic E-state index is 0.0617. The molecule has 1 aromatic carbocycles. The lowest BCUT2D eigenvalue weighted by Crippen LogP contribution is -2.21. The highest BCUT2D eigenvalue weighted by Gasteiger charge is 2.13. The molecule has 1 aromatic heterocycles. The molecule has 2 aromatic rings. The molecule has 0 bridgehead atoms. The third-order valence-electron chi connectivity index (χ3n) is 3.54. The van der Waals surface area contributed by atoms with Crippen molar-refractivity contribution in [3.63, 3.8) is 0 Å². The molecule has 0 aliphatic heterocycles. The summed E-state index contributed by atoms with van der Waals surface area (Å²) in [6.45, 7) is 6.24. The Hall–Kier alpha value is -2.89. The number of methoxy groups -OCH3 is 1. The average molecular weight is 342 g/mol. The van der Waals surface area contributed by atoms with Crippen molar-refractivity contribution >= 4 is 17.7 Å². The van der Waals surface area contributed by atoms with Gasteiger partial charge in [0.15, 0.2) is 6.61 Å². The van der Waals surface area contributed by atoms with E-state index < -0.39 is 5.97 Å². The Morgan fingerprint density at radius 2 is 1.80 bits per heavy atom. The van der Waals surface area contributed by atoms with E-state index in [1.807, 2.05) is 24.3 Å². The van der Waals surface area contributed by atoms with Crippen LogP contribution in [0.1, 0.15) is 36.7 Å². The Balaban J connectivity index is 1.92. The van der Waals surface area contributed by atoms with Gasteiger partial charge in [0, 0.05) is 6.20 Å². The first-order chi connectivity index (χ1) is 11.8. The van der Waals surface area contributed by atoms with Gasteiger partial charge in [-0.15, -0.1) is 0 Å². The van der Waals surface area contributed by atoms with Gasteiger partial charge in [-0.2, -0.15) is 0 Å². The summed E-state index contributed by atoms with van der Waals surface area (Å²) in [5, 5.41) is 2.58. The van der Waals surface area contributed by atoms with Gasteiger partial charge in [-0.3, -0.25) is 4.79 Å². The number of esters is 1. The first kappa shape index (κ1) is 18.4. The maximum atomic E-state index is 12.0. The Kier molecular flexibility index (Phi) is 5.75. The maximum absolute atomic E-state index is 12.0. The molecule has 6 nitrogen and oxygen atoms in total. The summed E-state index contributed by atoms with van der Waals surface area (Å²) in [5.41, 5.74) is 1.56. The number of nitrogens with zero attached hydrogens (tertiary/aromatic N) is 1. The van der Waals surface area contributed by atoms with Gasteiger partial charge in [0.25, 0.3) is 5.91 Å². The number of carbonyl (C=O) groups is 2. The van der Waals surface area contributed by atoms with Crippen molar-refractivity contribution in [2.24, 2.45) is 0 Å². The first-order valence-corrected chi connectivity index (χ1v) is 7.87. The Morgan fingerprint density at radius 1 is 1.12 bits per heavy atom. The average Bonchev–Trinajstić information content (AvgIpc) is 2.59. The second-order valence-corrected chi connectivity index (χ2v) is 6.53.